The SMILES string of the molecule is CCNC(=NCc1ccccc1CN1CCCC(C)C1)N1CC[C@@H](O)C1. The van der Waals surface area contributed by atoms with Crippen LogP contribution in [0.3, 0.4) is 0 Å². The van der Waals surface area contributed by atoms with Crippen LogP contribution in [0.5, 0.6) is 0 Å². The van der Waals surface area contributed by atoms with Gasteiger partial charge < -0.3 is 15.3 Å². The molecule has 0 radical (unpaired) electrons. The molecule has 2 atom stereocenters. The van der Waals surface area contributed by atoms with Crippen molar-refractivity contribution in [3.8, 4) is 0 Å². The average molecular weight is 359 g/mol. The van der Waals surface area contributed by atoms with Gasteiger partial charge in [0.15, 0.2) is 5.96 Å². The van der Waals surface area contributed by atoms with Gasteiger partial charge in [-0.15, -0.1) is 0 Å². The number of hydrogen-bond acceptors (Lipinski definition) is 3. The van der Waals surface area contributed by atoms with E-state index in [1.807, 2.05) is 0 Å². The molecule has 0 aromatic heterocycles. The van der Waals surface area contributed by atoms with Crippen molar-refractivity contribution in [3.05, 3.63) is 35.4 Å². The van der Waals surface area contributed by atoms with E-state index in [0.717, 1.165) is 37.9 Å². The van der Waals surface area contributed by atoms with Gasteiger partial charge >= 0.3 is 0 Å². The average Bonchev–Trinajstić information content (AvgIpc) is 3.06. The molecule has 2 fully saturated rings. The first kappa shape index (κ1) is 19.2. The lowest BCUT2D eigenvalue weighted by molar-refractivity contribution is 0.176. The van der Waals surface area contributed by atoms with Gasteiger partial charge in [0.05, 0.1) is 12.6 Å². The van der Waals surface area contributed by atoms with Crippen LogP contribution in [0.4, 0.5) is 0 Å². The third-order valence-corrected chi connectivity index (χ3v) is 5.45. The van der Waals surface area contributed by atoms with Crippen LogP contribution in [0, 0.1) is 5.92 Å². The zero-order valence-electron chi connectivity index (χ0n) is 16.3. The molecule has 0 aliphatic carbocycles. The largest absolute Gasteiger partial charge is 0.391 e. The highest BCUT2D eigenvalue weighted by molar-refractivity contribution is 5.80. The molecule has 0 amide bonds. The molecule has 0 spiro atoms. The number of rotatable bonds is 5. The number of guanidine groups is 1. The van der Waals surface area contributed by atoms with Gasteiger partial charge in [-0.3, -0.25) is 4.90 Å². The summed E-state index contributed by atoms with van der Waals surface area (Å²) < 4.78 is 0. The number of β-amino-alcohol motifs (C(OH)–C–C–N with tert-alkyl or cyclic N) is 1. The number of nitrogens with one attached hydrogen (secondary N) is 1. The minimum absolute atomic E-state index is 0.229. The van der Waals surface area contributed by atoms with Crippen LogP contribution in [-0.4, -0.2) is 59.7 Å². The second-order valence-corrected chi connectivity index (χ2v) is 7.81. The van der Waals surface area contributed by atoms with Crippen molar-refractivity contribution in [2.75, 3.05) is 32.7 Å². The number of aliphatic hydroxyl groups excluding tert-OH is 1. The Morgan fingerprint density at radius 2 is 2.00 bits per heavy atom. The highest BCUT2D eigenvalue weighted by atomic mass is 16.3. The third kappa shape index (κ3) is 5.21. The zero-order valence-corrected chi connectivity index (χ0v) is 16.3. The Kier molecular flexibility index (Phi) is 6.92. The lowest BCUT2D eigenvalue weighted by Crippen LogP contribution is -2.40. The van der Waals surface area contributed by atoms with Crippen molar-refractivity contribution < 1.29 is 5.11 Å². The zero-order chi connectivity index (χ0) is 18.4. The fraction of sp³-hybridized carbons (Fsp3) is 0.667. The maximum absolute atomic E-state index is 9.82. The molecule has 2 heterocycles. The second kappa shape index (κ2) is 9.38. The van der Waals surface area contributed by atoms with E-state index in [1.165, 1.54) is 37.1 Å². The molecule has 2 N–H and O–H groups in total. The Balaban J connectivity index is 1.68. The highest BCUT2D eigenvalue weighted by Crippen LogP contribution is 2.20. The number of piperidine rings is 1. The summed E-state index contributed by atoms with van der Waals surface area (Å²) in [4.78, 5) is 9.62. The summed E-state index contributed by atoms with van der Waals surface area (Å²) in [6.07, 6.45) is 3.26. The van der Waals surface area contributed by atoms with Gasteiger partial charge in [0.1, 0.15) is 0 Å². The molecule has 5 heteroatoms. The molecule has 2 saturated heterocycles. The van der Waals surface area contributed by atoms with Crippen molar-refractivity contribution in [3.63, 3.8) is 0 Å². The van der Waals surface area contributed by atoms with Crippen LogP contribution in [0.25, 0.3) is 0 Å². The molecule has 2 aliphatic heterocycles. The molecule has 2 aliphatic rings. The Bertz CT molecular complexity index is 603. The van der Waals surface area contributed by atoms with Crippen molar-refractivity contribution in [2.24, 2.45) is 10.9 Å². The van der Waals surface area contributed by atoms with Crippen LogP contribution in [-0.2, 0) is 13.1 Å². The summed E-state index contributed by atoms with van der Waals surface area (Å²) in [6, 6.07) is 8.70. The van der Waals surface area contributed by atoms with Gasteiger partial charge in [-0.25, -0.2) is 4.99 Å². The fourth-order valence-corrected chi connectivity index (χ4v) is 4.06. The minimum atomic E-state index is -0.229. The van der Waals surface area contributed by atoms with E-state index in [1.54, 1.807) is 0 Å². The number of nitrogens with zero attached hydrogens (tertiary/aromatic N) is 3. The number of benzene rings is 1. The van der Waals surface area contributed by atoms with Crippen LogP contribution < -0.4 is 5.32 Å². The molecule has 26 heavy (non-hydrogen) atoms. The molecular formula is C21H34N4O. The van der Waals surface area contributed by atoms with Crippen molar-refractivity contribution in [1.82, 2.24) is 15.1 Å². The molecule has 0 bridgehead atoms. The Morgan fingerprint density at radius 1 is 1.19 bits per heavy atom. The van der Waals surface area contributed by atoms with E-state index in [9.17, 15) is 5.11 Å². The lowest BCUT2D eigenvalue weighted by Gasteiger charge is -2.31. The highest BCUT2D eigenvalue weighted by Gasteiger charge is 2.23. The van der Waals surface area contributed by atoms with Crippen molar-refractivity contribution in [2.45, 2.75) is 52.3 Å². The standard InChI is InChI=1S/C21H34N4O/c1-3-22-21(25-12-10-20(26)16-25)23-13-18-8-4-5-9-19(18)15-24-11-6-7-17(2)14-24/h4-5,8-9,17,20,26H,3,6-7,10-16H2,1-2H3,(H,22,23)/t17?,20-/m1/s1. The van der Waals surface area contributed by atoms with E-state index < -0.39 is 0 Å². The van der Waals surface area contributed by atoms with E-state index in [-0.39, 0.29) is 6.10 Å². The van der Waals surface area contributed by atoms with Crippen molar-refractivity contribution in [1.29, 1.82) is 0 Å². The van der Waals surface area contributed by atoms with Gasteiger partial charge in [-0.2, -0.15) is 0 Å². The molecular weight excluding hydrogens is 324 g/mol. The maximum atomic E-state index is 9.82. The summed E-state index contributed by atoms with van der Waals surface area (Å²) in [5.41, 5.74) is 2.70. The summed E-state index contributed by atoms with van der Waals surface area (Å²) >= 11 is 0. The van der Waals surface area contributed by atoms with Gasteiger partial charge in [0, 0.05) is 32.7 Å². The van der Waals surface area contributed by atoms with E-state index >= 15 is 0 Å². The van der Waals surface area contributed by atoms with Crippen LogP contribution >= 0.6 is 0 Å². The van der Waals surface area contributed by atoms with E-state index in [4.69, 9.17) is 4.99 Å². The van der Waals surface area contributed by atoms with Crippen LogP contribution in [0.2, 0.25) is 0 Å². The monoisotopic (exact) mass is 358 g/mol. The predicted molar refractivity (Wildman–Crippen MR) is 107 cm³/mol. The quantitative estimate of drug-likeness (QED) is 0.627. The summed E-state index contributed by atoms with van der Waals surface area (Å²) in [5.74, 6) is 1.72. The van der Waals surface area contributed by atoms with Gasteiger partial charge in [-0.05, 0) is 49.8 Å². The first-order valence-corrected chi connectivity index (χ1v) is 10.2. The predicted octanol–water partition coefficient (Wildman–Crippen LogP) is 2.45. The summed E-state index contributed by atoms with van der Waals surface area (Å²) in [5, 5.41) is 13.2. The minimum Gasteiger partial charge on any atom is -0.391 e. The van der Waals surface area contributed by atoms with Gasteiger partial charge in [0.2, 0.25) is 0 Å². The second-order valence-electron chi connectivity index (χ2n) is 7.81. The fourth-order valence-electron chi connectivity index (χ4n) is 4.06. The first-order chi connectivity index (χ1) is 12.7. The molecule has 0 saturated carbocycles. The normalized spacial score (nSPS) is 24.9. The number of likely N-dealkylation sites (tertiary alicyclic amines) is 2. The van der Waals surface area contributed by atoms with Crippen LogP contribution in [0.15, 0.2) is 29.3 Å². The molecule has 144 valence electrons. The maximum Gasteiger partial charge on any atom is 0.194 e. The molecule has 3 rings (SSSR count). The van der Waals surface area contributed by atoms with E-state index in [2.05, 4.69) is 53.2 Å². The third-order valence-electron chi connectivity index (χ3n) is 5.45. The number of aliphatic hydroxyl groups is 1. The number of hydrogen-bond donors (Lipinski definition) is 2. The first-order valence-electron chi connectivity index (χ1n) is 10.2. The molecule has 1 aromatic carbocycles. The molecule has 5 nitrogen and oxygen atoms in total. The lowest BCUT2D eigenvalue weighted by atomic mass is 9.99. The Labute approximate surface area is 158 Å². The van der Waals surface area contributed by atoms with Gasteiger partial charge in [0.25, 0.3) is 0 Å². The van der Waals surface area contributed by atoms with Crippen molar-refractivity contribution >= 4 is 5.96 Å². The van der Waals surface area contributed by atoms with Crippen LogP contribution in [0.1, 0.15) is 44.2 Å². The number of aliphatic imine (C=N–C) groups is 1. The van der Waals surface area contributed by atoms with E-state index in [0.29, 0.717) is 13.1 Å². The molecule has 1 aromatic rings. The molecule has 1 unspecified atom stereocenters. The van der Waals surface area contributed by atoms with Gasteiger partial charge in [-0.1, -0.05) is 31.2 Å². The topological polar surface area (TPSA) is 51.1 Å². The smallest absolute Gasteiger partial charge is 0.194 e. The Hall–Kier alpha value is -1.59. The Morgan fingerprint density at radius 3 is 2.69 bits per heavy atom. The summed E-state index contributed by atoms with van der Waals surface area (Å²) in [7, 11) is 0. The summed E-state index contributed by atoms with van der Waals surface area (Å²) in [6.45, 7) is 11.0.